The molecular weight excluding hydrogens is 559 g/mol. The molecule has 0 aliphatic heterocycles. The van der Waals surface area contributed by atoms with Gasteiger partial charge in [0, 0.05) is 16.6 Å². The average molecular weight is 591 g/mol. The van der Waals surface area contributed by atoms with E-state index in [0.29, 0.717) is 16.6 Å². The molecule has 0 saturated carbocycles. The molecule has 1 atom stereocenters. The van der Waals surface area contributed by atoms with Crippen molar-refractivity contribution in [2.75, 3.05) is 23.9 Å². The van der Waals surface area contributed by atoms with Gasteiger partial charge < -0.3 is 19.8 Å². The number of anilines is 2. The van der Waals surface area contributed by atoms with E-state index in [1.165, 1.54) is 18.5 Å². The van der Waals surface area contributed by atoms with Gasteiger partial charge in [0.25, 0.3) is 0 Å². The largest absolute Gasteiger partial charge is 0.487 e. The smallest absolute Gasteiger partial charge is 0.141 e. The van der Waals surface area contributed by atoms with Crippen molar-refractivity contribution in [3.63, 3.8) is 0 Å². The number of fused-ring (bicyclic) bond motifs is 1. The number of rotatable bonds is 13. The molecule has 0 radical (unpaired) electrons. The maximum Gasteiger partial charge on any atom is 0.141 e. The quantitative estimate of drug-likeness (QED) is 0.142. The maximum atomic E-state index is 13.5. The van der Waals surface area contributed by atoms with Gasteiger partial charge in [0.15, 0.2) is 0 Å². The second-order valence-electron chi connectivity index (χ2n) is 9.63. The van der Waals surface area contributed by atoms with Gasteiger partial charge in [-0.1, -0.05) is 30.7 Å². The van der Waals surface area contributed by atoms with Crippen molar-refractivity contribution in [1.29, 1.82) is 0 Å². The van der Waals surface area contributed by atoms with Gasteiger partial charge in [-0.2, -0.15) is 11.8 Å². The summed E-state index contributed by atoms with van der Waals surface area (Å²) in [7, 11) is 0. The van der Waals surface area contributed by atoms with Crippen molar-refractivity contribution >= 4 is 45.8 Å². The zero-order chi connectivity index (χ0) is 28.6. The Morgan fingerprint density at radius 2 is 1.95 bits per heavy atom. The number of thioether (sulfide) groups is 1. The van der Waals surface area contributed by atoms with Crippen molar-refractivity contribution in [1.82, 2.24) is 15.3 Å². The van der Waals surface area contributed by atoms with Gasteiger partial charge in [0.1, 0.15) is 41.8 Å². The Labute approximate surface area is 248 Å². The summed E-state index contributed by atoms with van der Waals surface area (Å²) >= 11 is 8.36. The summed E-state index contributed by atoms with van der Waals surface area (Å²) in [6.07, 6.45) is 5.73. The molecule has 0 fully saturated rings. The van der Waals surface area contributed by atoms with Crippen molar-refractivity contribution in [2.24, 2.45) is 0 Å². The second-order valence-corrected chi connectivity index (χ2v) is 11.0. The third-order valence-electron chi connectivity index (χ3n) is 6.62. The maximum absolute atomic E-state index is 13.5. The lowest BCUT2D eigenvalue weighted by Gasteiger charge is -2.15. The monoisotopic (exact) mass is 590 g/mol. The predicted octanol–water partition coefficient (Wildman–Crippen LogP) is 8.80. The molecule has 2 heterocycles. The Bertz CT molecular complexity index is 1600. The van der Waals surface area contributed by atoms with Gasteiger partial charge in [-0.15, -0.1) is 0 Å². The highest BCUT2D eigenvalue weighted by atomic mass is 35.5. The molecule has 6 nitrogen and oxygen atoms in total. The second kappa shape index (κ2) is 13.9. The summed E-state index contributed by atoms with van der Waals surface area (Å²) < 4.78 is 25.6. The third kappa shape index (κ3) is 7.38. The van der Waals surface area contributed by atoms with E-state index in [1.54, 1.807) is 24.3 Å². The number of nitrogens with zero attached hydrogens (tertiary/aromatic N) is 2. The van der Waals surface area contributed by atoms with Gasteiger partial charge in [0.2, 0.25) is 0 Å². The Hall–Kier alpha value is -3.59. The minimum atomic E-state index is -0.302. The van der Waals surface area contributed by atoms with Crippen LogP contribution in [0.25, 0.3) is 22.2 Å². The molecule has 0 spiro atoms. The molecule has 0 saturated heterocycles. The van der Waals surface area contributed by atoms with Gasteiger partial charge in [-0.25, -0.2) is 14.4 Å². The molecule has 212 valence electrons. The Morgan fingerprint density at radius 3 is 2.76 bits per heavy atom. The lowest BCUT2D eigenvalue weighted by molar-refractivity contribution is 0.306. The van der Waals surface area contributed by atoms with Crippen molar-refractivity contribution < 1.29 is 13.5 Å². The van der Waals surface area contributed by atoms with Crippen LogP contribution in [0.2, 0.25) is 5.02 Å². The zero-order valence-corrected chi connectivity index (χ0v) is 24.6. The van der Waals surface area contributed by atoms with E-state index in [2.05, 4.69) is 39.8 Å². The van der Waals surface area contributed by atoms with Crippen LogP contribution in [-0.2, 0) is 6.61 Å². The summed E-state index contributed by atoms with van der Waals surface area (Å²) in [6, 6.07) is 22.0. The summed E-state index contributed by atoms with van der Waals surface area (Å²) in [5.74, 6) is 3.66. The average Bonchev–Trinajstić information content (AvgIpc) is 3.47. The van der Waals surface area contributed by atoms with Crippen LogP contribution in [0.5, 0.6) is 5.75 Å². The van der Waals surface area contributed by atoms with Crippen LogP contribution >= 0.6 is 23.4 Å². The first-order valence-electron chi connectivity index (χ1n) is 13.5. The first-order chi connectivity index (χ1) is 20.0. The standard InChI is InChI=1S/C32H32ClFN4O2S/c1-3-14-35-28(13-15-41-2)31-12-11-29(40-31)22-7-9-27-25(17-22)32(37-20-36-27)38-24-8-10-30(26(33)18-24)39-19-21-5-4-6-23(34)16-21/h4-12,16-18,20,28,35H,3,13-15,19H2,1-2H3,(H,36,37,38). The minimum Gasteiger partial charge on any atom is -0.487 e. The van der Waals surface area contributed by atoms with E-state index in [9.17, 15) is 4.39 Å². The van der Waals surface area contributed by atoms with E-state index in [4.69, 9.17) is 20.8 Å². The molecule has 3 aromatic carbocycles. The van der Waals surface area contributed by atoms with Crippen LogP contribution in [0.1, 0.15) is 37.1 Å². The minimum absolute atomic E-state index is 0.183. The lowest BCUT2D eigenvalue weighted by atomic mass is 10.1. The van der Waals surface area contributed by atoms with Gasteiger partial charge >= 0.3 is 0 Å². The summed E-state index contributed by atoms with van der Waals surface area (Å²) in [5, 5.41) is 8.25. The predicted molar refractivity (Wildman–Crippen MR) is 167 cm³/mol. The Balaban J connectivity index is 1.34. The highest BCUT2D eigenvalue weighted by Gasteiger charge is 2.16. The van der Waals surface area contributed by atoms with Crippen LogP contribution in [-0.4, -0.2) is 28.5 Å². The number of halogens is 2. The summed E-state index contributed by atoms with van der Waals surface area (Å²) in [4.78, 5) is 8.94. The summed E-state index contributed by atoms with van der Waals surface area (Å²) in [5.41, 5.74) is 3.22. The van der Waals surface area contributed by atoms with Crippen LogP contribution in [0, 0.1) is 5.82 Å². The molecule has 1 unspecified atom stereocenters. The first-order valence-corrected chi connectivity index (χ1v) is 15.3. The number of hydrogen-bond donors (Lipinski definition) is 2. The molecule has 2 aromatic heterocycles. The van der Waals surface area contributed by atoms with Gasteiger partial charge in [-0.3, -0.25) is 0 Å². The molecule has 41 heavy (non-hydrogen) atoms. The van der Waals surface area contributed by atoms with E-state index in [-0.39, 0.29) is 18.5 Å². The number of furan rings is 1. The first kappa shape index (κ1) is 28.9. The normalized spacial score (nSPS) is 12.0. The molecule has 0 aliphatic rings. The number of hydrogen-bond acceptors (Lipinski definition) is 7. The van der Waals surface area contributed by atoms with Crippen LogP contribution in [0.4, 0.5) is 15.9 Å². The van der Waals surface area contributed by atoms with Crippen LogP contribution < -0.4 is 15.4 Å². The molecule has 9 heteroatoms. The molecule has 0 aliphatic carbocycles. The molecular formula is C32H32ClFN4O2S. The van der Waals surface area contributed by atoms with E-state index >= 15 is 0 Å². The Morgan fingerprint density at radius 1 is 1.05 bits per heavy atom. The molecule has 0 amide bonds. The fraction of sp³-hybridized carbons (Fsp3) is 0.250. The molecule has 0 bridgehead atoms. The van der Waals surface area contributed by atoms with Crippen LogP contribution in [0.3, 0.4) is 0 Å². The van der Waals surface area contributed by atoms with Crippen molar-refractivity contribution in [3.8, 4) is 17.1 Å². The van der Waals surface area contributed by atoms with Crippen molar-refractivity contribution in [3.05, 3.63) is 101 Å². The number of nitrogens with one attached hydrogen (secondary N) is 2. The van der Waals surface area contributed by atoms with E-state index in [0.717, 1.165) is 64.4 Å². The molecule has 2 N–H and O–H groups in total. The highest BCUT2D eigenvalue weighted by molar-refractivity contribution is 7.98. The van der Waals surface area contributed by atoms with E-state index in [1.807, 2.05) is 42.1 Å². The lowest BCUT2D eigenvalue weighted by Crippen LogP contribution is -2.22. The Kier molecular flexibility index (Phi) is 9.77. The number of ether oxygens (including phenoxy) is 1. The zero-order valence-electron chi connectivity index (χ0n) is 23.0. The van der Waals surface area contributed by atoms with Crippen molar-refractivity contribution in [2.45, 2.75) is 32.4 Å². The topological polar surface area (TPSA) is 72.2 Å². The van der Waals surface area contributed by atoms with Crippen LogP contribution in [0.15, 0.2) is 83.5 Å². The van der Waals surface area contributed by atoms with E-state index < -0.39 is 0 Å². The number of aromatic nitrogens is 2. The molecule has 5 aromatic rings. The molecule has 5 rings (SSSR count). The van der Waals surface area contributed by atoms with Gasteiger partial charge in [-0.05, 0) is 97.6 Å². The van der Waals surface area contributed by atoms with Gasteiger partial charge in [0.05, 0.1) is 16.6 Å². The fourth-order valence-corrected chi connectivity index (χ4v) is 5.23. The fourth-order valence-electron chi connectivity index (χ4n) is 4.52. The third-order valence-corrected chi connectivity index (χ3v) is 7.56. The summed E-state index contributed by atoms with van der Waals surface area (Å²) in [6.45, 7) is 3.33. The SMILES string of the molecule is CCCNC(CCSC)c1ccc(-c2ccc3ncnc(Nc4ccc(OCc5cccc(F)c5)c(Cl)c4)c3c2)o1. The number of benzene rings is 3. The highest BCUT2D eigenvalue weighted by Crippen LogP contribution is 2.33.